The molecule has 4 atom stereocenters. The first-order valence-corrected chi connectivity index (χ1v) is 11.9. The number of amides is 4. The number of nitrogens with two attached hydrogens (primary N) is 5. The van der Waals surface area contributed by atoms with Crippen LogP contribution in [0.15, 0.2) is 4.99 Å². The molecular weight excluding hydrogens is 506 g/mol. The van der Waals surface area contributed by atoms with E-state index in [4.69, 9.17) is 33.8 Å². The lowest BCUT2D eigenvalue weighted by molar-refractivity contribution is -0.142. The van der Waals surface area contributed by atoms with Gasteiger partial charge in [-0.15, -0.1) is 0 Å². The Kier molecular flexibility index (Phi) is 16.4. The molecule has 0 aliphatic carbocycles. The summed E-state index contributed by atoms with van der Waals surface area (Å²) < 4.78 is 0. The highest BCUT2D eigenvalue weighted by Crippen LogP contribution is 2.07. The van der Waals surface area contributed by atoms with Gasteiger partial charge in [-0.2, -0.15) is 0 Å². The Hall–Kier alpha value is -3.99. The summed E-state index contributed by atoms with van der Waals surface area (Å²) in [7, 11) is 0. The van der Waals surface area contributed by atoms with Gasteiger partial charge in [0.25, 0.3) is 0 Å². The summed E-state index contributed by atoms with van der Waals surface area (Å²) in [6.07, 6.45) is -0.146. The number of nitrogens with one attached hydrogen (secondary N) is 3. The van der Waals surface area contributed by atoms with Crippen molar-refractivity contribution < 1.29 is 39.0 Å². The van der Waals surface area contributed by atoms with Crippen LogP contribution in [0.25, 0.3) is 0 Å². The maximum Gasteiger partial charge on any atom is 0.326 e. The Bertz CT molecular complexity index is 864. The molecule has 0 aliphatic heterocycles. The standard InChI is InChI=1S/C21H39N9O8/c22-8-2-1-4-14(20(37)38)30-18(35)12(5-3-9-27-21(25)26)29-19(36)13(6-7-16(32)33)28-17(34)11(23)10-15(24)31/h11-14H,1-10,22-23H2,(H2,24,31)(H,28,34)(H,29,36)(H,30,35)(H,32,33)(H,37,38)(H4,25,26,27). The number of aliphatic imine (C=N–C) groups is 1. The molecule has 0 aromatic heterocycles. The molecule has 0 aromatic rings. The van der Waals surface area contributed by atoms with Crippen LogP contribution < -0.4 is 44.6 Å². The first kappa shape index (κ1) is 34.0. The van der Waals surface area contributed by atoms with Crippen molar-refractivity contribution in [2.75, 3.05) is 13.1 Å². The zero-order valence-corrected chi connectivity index (χ0v) is 21.1. The van der Waals surface area contributed by atoms with E-state index in [9.17, 15) is 33.9 Å². The van der Waals surface area contributed by atoms with Gasteiger partial charge >= 0.3 is 11.9 Å². The molecule has 0 rings (SSSR count). The number of hydrogen-bond acceptors (Lipinski definition) is 9. The SMILES string of the molecule is NCCCCC(NC(=O)C(CCCN=C(N)N)NC(=O)C(CCC(=O)O)NC(=O)C(N)CC(N)=O)C(=O)O. The molecule has 0 fully saturated rings. The van der Waals surface area contributed by atoms with Crippen molar-refractivity contribution in [1.82, 2.24) is 16.0 Å². The number of aliphatic carboxylic acids is 2. The van der Waals surface area contributed by atoms with E-state index in [0.717, 1.165) is 0 Å². The quantitative estimate of drug-likeness (QED) is 0.0395. The molecule has 4 unspecified atom stereocenters. The Balaban J connectivity index is 5.69. The van der Waals surface area contributed by atoms with E-state index in [0.29, 0.717) is 19.4 Å². The molecule has 17 heteroatoms. The highest BCUT2D eigenvalue weighted by atomic mass is 16.4. The molecule has 0 saturated heterocycles. The van der Waals surface area contributed by atoms with Crippen LogP contribution in [0.5, 0.6) is 0 Å². The van der Waals surface area contributed by atoms with Crippen LogP contribution in [0.1, 0.15) is 51.4 Å². The number of rotatable bonds is 20. The number of unbranched alkanes of at least 4 members (excludes halogenated alkanes) is 1. The van der Waals surface area contributed by atoms with Crippen molar-refractivity contribution in [3.8, 4) is 0 Å². The Morgan fingerprint density at radius 1 is 0.737 bits per heavy atom. The minimum Gasteiger partial charge on any atom is -0.481 e. The maximum atomic E-state index is 13.0. The molecule has 0 radical (unpaired) electrons. The highest BCUT2D eigenvalue weighted by Gasteiger charge is 2.30. The molecule has 38 heavy (non-hydrogen) atoms. The fraction of sp³-hybridized carbons (Fsp3) is 0.667. The van der Waals surface area contributed by atoms with Crippen LogP contribution in [-0.2, 0) is 28.8 Å². The lowest BCUT2D eigenvalue weighted by Crippen LogP contribution is -2.57. The van der Waals surface area contributed by atoms with E-state index >= 15 is 0 Å². The summed E-state index contributed by atoms with van der Waals surface area (Å²) in [5.41, 5.74) is 26.6. The van der Waals surface area contributed by atoms with Gasteiger partial charge in [0.1, 0.15) is 18.1 Å². The molecule has 0 bridgehead atoms. The summed E-state index contributed by atoms with van der Waals surface area (Å²) in [6.45, 7) is 0.443. The third-order valence-corrected chi connectivity index (χ3v) is 5.18. The Labute approximate surface area is 219 Å². The van der Waals surface area contributed by atoms with Gasteiger partial charge in [0.15, 0.2) is 5.96 Å². The summed E-state index contributed by atoms with van der Waals surface area (Å²) in [4.78, 5) is 75.7. The molecule has 4 amide bonds. The molecule has 0 spiro atoms. The summed E-state index contributed by atoms with van der Waals surface area (Å²) in [5, 5.41) is 25.5. The van der Waals surface area contributed by atoms with Crippen LogP contribution in [0, 0.1) is 0 Å². The van der Waals surface area contributed by atoms with Gasteiger partial charge in [-0.3, -0.25) is 29.0 Å². The van der Waals surface area contributed by atoms with Gasteiger partial charge in [0, 0.05) is 13.0 Å². The smallest absolute Gasteiger partial charge is 0.326 e. The number of carboxylic acid groups (broad SMARTS) is 2. The minimum atomic E-state index is -1.44. The number of carbonyl (C=O) groups is 6. The topological polar surface area (TPSA) is 321 Å². The fourth-order valence-corrected chi connectivity index (χ4v) is 3.19. The van der Waals surface area contributed by atoms with E-state index in [1.165, 1.54) is 0 Å². The summed E-state index contributed by atoms with van der Waals surface area (Å²) in [6, 6.07) is -5.36. The van der Waals surface area contributed by atoms with Crippen LogP contribution in [0.4, 0.5) is 0 Å². The van der Waals surface area contributed by atoms with Gasteiger partial charge < -0.3 is 54.8 Å². The highest BCUT2D eigenvalue weighted by molar-refractivity contribution is 5.95. The molecule has 0 aromatic carbocycles. The van der Waals surface area contributed by atoms with Crippen molar-refractivity contribution in [1.29, 1.82) is 0 Å². The normalized spacial score (nSPS) is 13.7. The first-order chi connectivity index (χ1) is 17.8. The molecule has 15 N–H and O–H groups in total. The average Bonchev–Trinajstić information content (AvgIpc) is 2.81. The average molecular weight is 546 g/mol. The third-order valence-electron chi connectivity index (χ3n) is 5.18. The lowest BCUT2D eigenvalue weighted by atomic mass is 10.0. The second kappa shape index (κ2) is 18.3. The molecular formula is C21H39N9O8. The van der Waals surface area contributed by atoms with Crippen molar-refractivity contribution >= 4 is 41.5 Å². The largest absolute Gasteiger partial charge is 0.481 e. The predicted octanol–water partition coefficient (Wildman–Crippen LogP) is -4.22. The van der Waals surface area contributed by atoms with Crippen LogP contribution >= 0.6 is 0 Å². The van der Waals surface area contributed by atoms with Gasteiger partial charge in [-0.25, -0.2) is 4.79 Å². The minimum absolute atomic E-state index is 0.0235. The van der Waals surface area contributed by atoms with Crippen molar-refractivity contribution in [2.45, 2.75) is 75.5 Å². The van der Waals surface area contributed by atoms with E-state index in [2.05, 4.69) is 20.9 Å². The van der Waals surface area contributed by atoms with Crippen molar-refractivity contribution in [2.24, 2.45) is 33.7 Å². The van der Waals surface area contributed by atoms with E-state index in [-0.39, 0.29) is 38.2 Å². The van der Waals surface area contributed by atoms with Gasteiger partial charge in [0.05, 0.1) is 12.5 Å². The molecule has 0 aliphatic rings. The number of guanidine groups is 1. The third kappa shape index (κ3) is 15.2. The fourth-order valence-electron chi connectivity index (χ4n) is 3.19. The van der Waals surface area contributed by atoms with E-state index in [1.54, 1.807) is 0 Å². The monoisotopic (exact) mass is 545 g/mol. The zero-order valence-electron chi connectivity index (χ0n) is 21.1. The summed E-state index contributed by atoms with van der Waals surface area (Å²) >= 11 is 0. The molecule has 0 saturated carbocycles. The van der Waals surface area contributed by atoms with Crippen LogP contribution in [0.3, 0.4) is 0 Å². The second-order valence-corrected chi connectivity index (χ2v) is 8.46. The molecule has 216 valence electrons. The van der Waals surface area contributed by atoms with Gasteiger partial charge in [0.2, 0.25) is 23.6 Å². The predicted molar refractivity (Wildman–Crippen MR) is 135 cm³/mol. The van der Waals surface area contributed by atoms with Gasteiger partial charge in [-0.1, -0.05) is 0 Å². The van der Waals surface area contributed by atoms with Crippen LogP contribution in [0.2, 0.25) is 0 Å². The molecule has 0 heterocycles. The number of carboxylic acids is 2. The van der Waals surface area contributed by atoms with Crippen LogP contribution in [-0.4, -0.2) is 89.0 Å². The first-order valence-electron chi connectivity index (χ1n) is 11.9. The molecule has 17 nitrogen and oxygen atoms in total. The Morgan fingerprint density at radius 2 is 1.26 bits per heavy atom. The second-order valence-electron chi connectivity index (χ2n) is 8.46. The number of nitrogens with zero attached hydrogens (tertiary/aromatic N) is 1. The van der Waals surface area contributed by atoms with E-state index < -0.39 is 72.6 Å². The summed E-state index contributed by atoms with van der Waals surface area (Å²) in [5.74, 6) is -6.28. The number of carbonyl (C=O) groups excluding carboxylic acids is 4. The van der Waals surface area contributed by atoms with Crippen molar-refractivity contribution in [3.05, 3.63) is 0 Å². The lowest BCUT2D eigenvalue weighted by Gasteiger charge is -2.25. The van der Waals surface area contributed by atoms with E-state index in [1.807, 2.05) is 0 Å². The zero-order chi connectivity index (χ0) is 29.3. The van der Waals surface area contributed by atoms with Crippen molar-refractivity contribution in [3.63, 3.8) is 0 Å². The maximum absolute atomic E-state index is 13.0. The Morgan fingerprint density at radius 3 is 1.76 bits per heavy atom. The number of hydrogen-bond donors (Lipinski definition) is 10. The van der Waals surface area contributed by atoms with Gasteiger partial charge in [-0.05, 0) is 45.1 Å². The number of primary amides is 1.